The number of carbonyl (C=O) groups is 1. The number of hydrogen-bond acceptors (Lipinski definition) is 2. The molecule has 0 aromatic rings. The van der Waals surface area contributed by atoms with E-state index < -0.39 is 0 Å². The predicted molar refractivity (Wildman–Crippen MR) is 98.3 cm³/mol. The van der Waals surface area contributed by atoms with Crippen molar-refractivity contribution in [2.75, 3.05) is 6.61 Å². The van der Waals surface area contributed by atoms with Gasteiger partial charge in [-0.3, -0.25) is 0 Å². The van der Waals surface area contributed by atoms with Crippen LogP contribution in [0.2, 0.25) is 0 Å². The van der Waals surface area contributed by atoms with Crippen molar-refractivity contribution >= 4 is 5.97 Å². The van der Waals surface area contributed by atoms with Gasteiger partial charge in [0.1, 0.15) is 0 Å². The second-order valence-electron chi connectivity index (χ2n) is 6.87. The third kappa shape index (κ3) is 6.37. The number of unbranched alkanes of at least 4 members (excludes halogenated alkanes) is 1. The summed E-state index contributed by atoms with van der Waals surface area (Å²) in [5.74, 6) is 1.23. The first-order chi connectivity index (χ1) is 11.0. The third-order valence-electron chi connectivity index (χ3n) is 4.33. The molecule has 1 atom stereocenters. The summed E-state index contributed by atoms with van der Waals surface area (Å²) in [4.78, 5) is 12.5. The van der Waals surface area contributed by atoms with Gasteiger partial charge in [-0.2, -0.15) is 0 Å². The maximum Gasteiger partial charge on any atom is 0.338 e. The summed E-state index contributed by atoms with van der Waals surface area (Å²) in [6.45, 7) is 11.1. The lowest BCUT2D eigenvalue weighted by Gasteiger charge is -2.28. The van der Waals surface area contributed by atoms with Crippen LogP contribution in [0.5, 0.6) is 0 Å². The zero-order valence-electron chi connectivity index (χ0n) is 15.7. The Labute approximate surface area is 142 Å². The van der Waals surface area contributed by atoms with Crippen LogP contribution < -0.4 is 0 Å². The SMILES string of the molecule is C/C=C\C1=C(C(=C/CCC)/C(=O)OCC)CC(CC(C)C)CC1. The van der Waals surface area contributed by atoms with Gasteiger partial charge in [0.2, 0.25) is 0 Å². The summed E-state index contributed by atoms with van der Waals surface area (Å²) in [6.07, 6.45) is 12.9. The van der Waals surface area contributed by atoms with Crippen LogP contribution in [0.25, 0.3) is 0 Å². The highest BCUT2D eigenvalue weighted by Gasteiger charge is 2.26. The normalized spacial score (nSPS) is 19.7. The van der Waals surface area contributed by atoms with Gasteiger partial charge in [0.05, 0.1) is 12.2 Å². The van der Waals surface area contributed by atoms with E-state index >= 15 is 0 Å². The Kier molecular flexibility index (Phi) is 8.98. The molecule has 0 saturated heterocycles. The van der Waals surface area contributed by atoms with E-state index in [0.717, 1.165) is 31.3 Å². The molecule has 1 unspecified atom stereocenters. The van der Waals surface area contributed by atoms with Crippen molar-refractivity contribution in [3.63, 3.8) is 0 Å². The van der Waals surface area contributed by atoms with Gasteiger partial charge in [0, 0.05) is 0 Å². The monoisotopic (exact) mass is 318 g/mol. The Hall–Kier alpha value is -1.31. The van der Waals surface area contributed by atoms with Crippen LogP contribution in [-0.2, 0) is 9.53 Å². The number of rotatable bonds is 8. The zero-order valence-corrected chi connectivity index (χ0v) is 15.7. The fraction of sp³-hybridized carbons (Fsp3) is 0.667. The van der Waals surface area contributed by atoms with Crippen molar-refractivity contribution in [3.8, 4) is 0 Å². The van der Waals surface area contributed by atoms with Gasteiger partial charge < -0.3 is 4.74 Å². The topological polar surface area (TPSA) is 26.3 Å². The average Bonchev–Trinajstić information content (AvgIpc) is 2.50. The maximum absolute atomic E-state index is 12.5. The first kappa shape index (κ1) is 19.7. The van der Waals surface area contributed by atoms with E-state index in [4.69, 9.17) is 4.74 Å². The van der Waals surface area contributed by atoms with Crippen LogP contribution in [0, 0.1) is 11.8 Å². The van der Waals surface area contributed by atoms with Crippen LogP contribution in [0.3, 0.4) is 0 Å². The van der Waals surface area contributed by atoms with E-state index in [0.29, 0.717) is 18.4 Å². The molecule has 0 saturated carbocycles. The maximum atomic E-state index is 12.5. The molecule has 1 aliphatic carbocycles. The molecule has 0 spiro atoms. The second kappa shape index (κ2) is 10.5. The molecule has 0 radical (unpaired) electrons. The Morgan fingerprint density at radius 2 is 2.09 bits per heavy atom. The predicted octanol–water partition coefficient (Wildman–Crippen LogP) is 5.99. The van der Waals surface area contributed by atoms with Crippen molar-refractivity contribution in [2.24, 2.45) is 11.8 Å². The summed E-state index contributed by atoms with van der Waals surface area (Å²) in [6, 6.07) is 0. The molecule has 0 bridgehead atoms. The fourth-order valence-electron chi connectivity index (χ4n) is 3.40. The molecule has 0 heterocycles. The summed E-state index contributed by atoms with van der Waals surface area (Å²) in [5, 5.41) is 0. The molecule has 0 amide bonds. The van der Waals surface area contributed by atoms with Gasteiger partial charge in [0.15, 0.2) is 0 Å². The number of ether oxygens (including phenoxy) is 1. The van der Waals surface area contributed by atoms with Crippen molar-refractivity contribution in [1.29, 1.82) is 0 Å². The Balaban J connectivity index is 3.15. The van der Waals surface area contributed by atoms with E-state index in [9.17, 15) is 4.79 Å². The van der Waals surface area contributed by atoms with Crippen molar-refractivity contribution < 1.29 is 9.53 Å². The summed E-state index contributed by atoms with van der Waals surface area (Å²) >= 11 is 0. The molecule has 0 fully saturated rings. The van der Waals surface area contributed by atoms with E-state index in [2.05, 4.69) is 39.0 Å². The van der Waals surface area contributed by atoms with Crippen LogP contribution in [0.4, 0.5) is 0 Å². The minimum atomic E-state index is -0.150. The van der Waals surface area contributed by atoms with Gasteiger partial charge >= 0.3 is 5.97 Å². The molecular formula is C21H34O2. The van der Waals surface area contributed by atoms with Crippen LogP contribution in [0.15, 0.2) is 34.9 Å². The molecule has 0 N–H and O–H groups in total. The third-order valence-corrected chi connectivity index (χ3v) is 4.33. The Bertz CT molecular complexity index is 466. The quantitative estimate of drug-likeness (QED) is 0.405. The molecule has 0 aliphatic heterocycles. The lowest BCUT2D eigenvalue weighted by atomic mass is 9.77. The average molecular weight is 319 g/mol. The first-order valence-electron chi connectivity index (χ1n) is 9.25. The van der Waals surface area contributed by atoms with Crippen molar-refractivity contribution in [2.45, 2.75) is 73.1 Å². The molecule has 2 heteroatoms. The van der Waals surface area contributed by atoms with E-state index in [1.807, 2.05) is 13.8 Å². The van der Waals surface area contributed by atoms with E-state index in [-0.39, 0.29) is 5.97 Å². The van der Waals surface area contributed by atoms with Gasteiger partial charge in [-0.15, -0.1) is 0 Å². The fourth-order valence-corrected chi connectivity index (χ4v) is 3.40. The lowest BCUT2D eigenvalue weighted by molar-refractivity contribution is -0.138. The molecule has 2 nitrogen and oxygen atoms in total. The first-order valence-corrected chi connectivity index (χ1v) is 9.25. The highest BCUT2D eigenvalue weighted by Crippen LogP contribution is 2.37. The lowest BCUT2D eigenvalue weighted by Crippen LogP contribution is -2.18. The van der Waals surface area contributed by atoms with Gasteiger partial charge in [-0.25, -0.2) is 4.79 Å². The van der Waals surface area contributed by atoms with E-state index in [1.54, 1.807) is 0 Å². The summed E-state index contributed by atoms with van der Waals surface area (Å²) in [7, 11) is 0. The van der Waals surface area contributed by atoms with Crippen LogP contribution in [-0.4, -0.2) is 12.6 Å². The number of allylic oxidation sites excluding steroid dienone is 4. The molecule has 130 valence electrons. The molecule has 23 heavy (non-hydrogen) atoms. The Morgan fingerprint density at radius 1 is 1.35 bits per heavy atom. The minimum absolute atomic E-state index is 0.150. The molecular weight excluding hydrogens is 284 g/mol. The molecule has 0 aromatic carbocycles. The summed E-state index contributed by atoms with van der Waals surface area (Å²) < 4.78 is 5.33. The van der Waals surface area contributed by atoms with Crippen LogP contribution >= 0.6 is 0 Å². The van der Waals surface area contributed by atoms with Crippen LogP contribution in [0.1, 0.15) is 73.1 Å². The van der Waals surface area contributed by atoms with Gasteiger partial charge in [-0.05, 0) is 68.9 Å². The molecule has 0 aromatic heterocycles. The number of carbonyl (C=O) groups excluding carboxylic acids is 1. The molecule has 1 aliphatic rings. The minimum Gasteiger partial charge on any atom is -0.462 e. The highest BCUT2D eigenvalue weighted by atomic mass is 16.5. The Morgan fingerprint density at radius 3 is 2.65 bits per heavy atom. The van der Waals surface area contributed by atoms with Crippen molar-refractivity contribution in [3.05, 3.63) is 34.9 Å². The van der Waals surface area contributed by atoms with Gasteiger partial charge in [0.25, 0.3) is 0 Å². The molecule has 1 rings (SSSR count). The van der Waals surface area contributed by atoms with E-state index in [1.165, 1.54) is 24.0 Å². The summed E-state index contributed by atoms with van der Waals surface area (Å²) in [5.41, 5.74) is 3.37. The van der Waals surface area contributed by atoms with Gasteiger partial charge in [-0.1, -0.05) is 45.4 Å². The number of esters is 1. The highest BCUT2D eigenvalue weighted by molar-refractivity contribution is 5.94. The van der Waals surface area contributed by atoms with Crippen molar-refractivity contribution in [1.82, 2.24) is 0 Å². The largest absolute Gasteiger partial charge is 0.462 e. The zero-order chi connectivity index (χ0) is 17.2. The standard InChI is InChI=1S/C21H34O2/c1-6-9-11-19(21(22)23-8-3)20-15-17(14-16(4)5)12-13-18(20)10-7-2/h7,10-11,16-17H,6,8-9,12-15H2,1-5H3/b10-7-,19-11-. The smallest absolute Gasteiger partial charge is 0.338 e. The second-order valence-corrected chi connectivity index (χ2v) is 6.87. The number of hydrogen-bond donors (Lipinski definition) is 0.